The van der Waals surface area contributed by atoms with Gasteiger partial charge in [0.05, 0.1) is 26.4 Å². The molecule has 0 aliphatic carbocycles. The van der Waals surface area contributed by atoms with Gasteiger partial charge in [-0.05, 0) is 43.4 Å². The molecule has 0 bridgehead atoms. The van der Waals surface area contributed by atoms with Crippen LogP contribution in [0.2, 0.25) is 0 Å². The molecular weight excluding hydrogens is 1350 g/mol. The Morgan fingerprint density at radius 3 is 0.654 bits per heavy atom. The number of hydrogen-bond donors (Lipinski definition) is 3. The first-order valence-electron chi connectivity index (χ1n) is 43.8. The number of carbonyl (C=O) groups is 4. The van der Waals surface area contributed by atoms with Crippen LogP contribution >= 0.6 is 15.6 Å². The van der Waals surface area contributed by atoms with Crippen LogP contribution in [-0.2, 0) is 65.4 Å². The van der Waals surface area contributed by atoms with Crippen LogP contribution in [-0.4, -0.2) is 96.7 Å². The fraction of sp³-hybridized carbons (Fsp3) is 0.953. The van der Waals surface area contributed by atoms with Crippen LogP contribution in [0, 0.1) is 17.8 Å². The van der Waals surface area contributed by atoms with Gasteiger partial charge in [-0.1, -0.05) is 395 Å². The molecule has 0 aromatic heterocycles. The molecular formula is C85H166O17P2. The molecule has 0 aliphatic rings. The molecule has 0 amide bonds. The van der Waals surface area contributed by atoms with Gasteiger partial charge < -0.3 is 33.8 Å². The minimum Gasteiger partial charge on any atom is -0.462 e. The van der Waals surface area contributed by atoms with Gasteiger partial charge in [0.15, 0.2) is 12.2 Å². The second kappa shape index (κ2) is 75.1. The van der Waals surface area contributed by atoms with Gasteiger partial charge in [-0.15, -0.1) is 0 Å². The molecule has 0 saturated carbocycles. The molecule has 0 saturated heterocycles. The highest BCUT2D eigenvalue weighted by atomic mass is 31.2. The average molecular weight is 1520 g/mol. The van der Waals surface area contributed by atoms with Gasteiger partial charge in [0.1, 0.15) is 19.3 Å². The Morgan fingerprint density at radius 2 is 0.442 bits per heavy atom. The maximum atomic E-state index is 13.1. The molecule has 0 aliphatic heterocycles. The minimum absolute atomic E-state index is 0.106. The van der Waals surface area contributed by atoms with Gasteiger partial charge in [-0.3, -0.25) is 37.3 Å². The van der Waals surface area contributed by atoms with E-state index in [1.54, 1.807) is 0 Å². The Bertz CT molecular complexity index is 2010. The Balaban J connectivity index is 5.24. The molecule has 618 valence electrons. The molecule has 0 radical (unpaired) electrons. The van der Waals surface area contributed by atoms with E-state index < -0.39 is 97.5 Å². The molecule has 17 nitrogen and oxygen atoms in total. The number of aliphatic hydroxyl groups excluding tert-OH is 1. The van der Waals surface area contributed by atoms with Crippen molar-refractivity contribution in [1.29, 1.82) is 0 Å². The first kappa shape index (κ1) is 102. The zero-order valence-corrected chi connectivity index (χ0v) is 70.3. The number of unbranched alkanes of at least 4 members (excludes halogenated alkanes) is 51. The second-order valence-electron chi connectivity index (χ2n) is 32.0. The molecule has 0 fully saturated rings. The van der Waals surface area contributed by atoms with Gasteiger partial charge in [0.2, 0.25) is 0 Å². The predicted molar refractivity (Wildman–Crippen MR) is 428 cm³/mol. The Labute approximate surface area is 638 Å². The summed E-state index contributed by atoms with van der Waals surface area (Å²) in [7, 11) is -9.93. The van der Waals surface area contributed by atoms with E-state index in [1.807, 2.05) is 0 Å². The summed E-state index contributed by atoms with van der Waals surface area (Å²) in [5.41, 5.74) is 0. The number of aliphatic hydroxyl groups is 1. The third kappa shape index (κ3) is 78.2. The van der Waals surface area contributed by atoms with Gasteiger partial charge in [-0.25, -0.2) is 9.13 Å². The van der Waals surface area contributed by atoms with Crippen molar-refractivity contribution in [2.75, 3.05) is 39.6 Å². The Kier molecular flexibility index (Phi) is 73.7. The van der Waals surface area contributed by atoms with Crippen molar-refractivity contribution in [3.05, 3.63) is 0 Å². The Morgan fingerprint density at radius 1 is 0.260 bits per heavy atom. The number of esters is 4. The molecule has 104 heavy (non-hydrogen) atoms. The van der Waals surface area contributed by atoms with Crippen LogP contribution in [0.15, 0.2) is 0 Å². The first-order valence-corrected chi connectivity index (χ1v) is 46.8. The molecule has 19 heteroatoms. The molecule has 5 atom stereocenters. The summed E-state index contributed by atoms with van der Waals surface area (Å²) < 4.78 is 68.9. The molecule has 2 unspecified atom stereocenters. The fourth-order valence-corrected chi connectivity index (χ4v) is 14.8. The first-order chi connectivity index (χ1) is 50.2. The minimum atomic E-state index is -4.97. The highest BCUT2D eigenvalue weighted by molar-refractivity contribution is 7.47. The fourth-order valence-electron chi connectivity index (χ4n) is 13.2. The lowest BCUT2D eigenvalue weighted by molar-refractivity contribution is -0.161. The van der Waals surface area contributed by atoms with E-state index in [9.17, 15) is 43.2 Å². The van der Waals surface area contributed by atoms with Gasteiger partial charge in [-0.2, -0.15) is 0 Å². The van der Waals surface area contributed by atoms with E-state index in [0.29, 0.717) is 25.7 Å². The van der Waals surface area contributed by atoms with E-state index in [4.69, 9.17) is 37.0 Å². The SMILES string of the molecule is CCCCCCCCCCCCCCCCCCCCCCCCC(=O)O[C@H](COC(=O)CCCCCCCCCCCCCCCC(C)C)COP(=O)(O)OC[C@@H](O)COP(=O)(O)OC[C@@H](COC(=O)CCCCCCCCCCCC(C)C)OC(=O)CCCCCCCCCCCCCC(C)C. The van der Waals surface area contributed by atoms with Gasteiger partial charge >= 0.3 is 39.5 Å². The van der Waals surface area contributed by atoms with Crippen molar-refractivity contribution in [1.82, 2.24) is 0 Å². The zero-order chi connectivity index (χ0) is 76.5. The number of carbonyl (C=O) groups excluding carboxylic acids is 4. The van der Waals surface area contributed by atoms with E-state index >= 15 is 0 Å². The molecule has 3 N–H and O–H groups in total. The summed E-state index contributed by atoms with van der Waals surface area (Å²) in [5.74, 6) is 0.193. The smallest absolute Gasteiger partial charge is 0.462 e. The number of ether oxygens (including phenoxy) is 4. The van der Waals surface area contributed by atoms with E-state index in [-0.39, 0.29) is 25.7 Å². The normalized spacial score (nSPS) is 13.9. The summed E-state index contributed by atoms with van der Waals surface area (Å²) >= 11 is 0. The van der Waals surface area contributed by atoms with E-state index in [2.05, 4.69) is 48.5 Å². The lowest BCUT2D eigenvalue weighted by Crippen LogP contribution is -2.30. The van der Waals surface area contributed by atoms with Crippen molar-refractivity contribution >= 4 is 39.5 Å². The summed E-state index contributed by atoms with van der Waals surface area (Å²) in [4.78, 5) is 73.2. The quantitative estimate of drug-likeness (QED) is 0.0222. The Hall–Kier alpha value is -1.94. The molecule has 0 rings (SSSR count). The van der Waals surface area contributed by atoms with Crippen LogP contribution in [0.4, 0.5) is 0 Å². The molecule has 0 spiro atoms. The van der Waals surface area contributed by atoms with Crippen LogP contribution in [0.5, 0.6) is 0 Å². The van der Waals surface area contributed by atoms with E-state index in [0.717, 1.165) is 108 Å². The average Bonchev–Trinajstić information content (AvgIpc) is 0.907. The van der Waals surface area contributed by atoms with Crippen molar-refractivity contribution in [3.63, 3.8) is 0 Å². The third-order valence-electron chi connectivity index (χ3n) is 19.9. The number of phosphoric acid groups is 2. The highest BCUT2D eigenvalue weighted by Crippen LogP contribution is 2.45. The summed E-state index contributed by atoms with van der Waals surface area (Å²) in [6, 6.07) is 0. The standard InChI is InChI=1S/C85H166O17P2/c1-8-9-10-11-12-13-14-15-16-17-18-19-20-21-22-23-26-32-39-47-54-61-68-84(89)101-80(72-95-82(87)66-59-52-45-38-31-27-24-25-29-35-42-49-56-63-76(2)3)74-99-103(91,92)97-70-79(86)71-98-104(93,94)100-75-81(73-96-83(88)67-60-53-46-41-34-37-44-51-58-65-78(6)7)102-85(90)69-62-55-48-40-33-28-30-36-43-50-57-64-77(4)5/h76-81,86H,8-75H2,1-7H3,(H,91,92)(H,93,94)/t79-,80-,81-/m1/s1. The van der Waals surface area contributed by atoms with Crippen LogP contribution in [0.3, 0.4) is 0 Å². The van der Waals surface area contributed by atoms with E-state index in [1.165, 1.54) is 257 Å². The van der Waals surface area contributed by atoms with Gasteiger partial charge in [0, 0.05) is 25.7 Å². The van der Waals surface area contributed by atoms with Crippen molar-refractivity contribution in [2.45, 2.75) is 465 Å². The lowest BCUT2D eigenvalue weighted by atomic mass is 10.0. The molecule has 0 heterocycles. The summed E-state index contributed by atoms with van der Waals surface area (Å²) in [6.45, 7) is 12.0. The largest absolute Gasteiger partial charge is 0.472 e. The number of rotatable bonds is 83. The van der Waals surface area contributed by atoms with Crippen molar-refractivity contribution < 1.29 is 80.2 Å². The van der Waals surface area contributed by atoms with Crippen LogP contribution < -0.4 is 0 Å². The van der Waals surface area contributed by atoms with Gasteiger partial charge in [0.25, 0.3) is 0 Å². The second-order valence-corrected chi connectivity index (χ2v) is 34.9. The van der Waals surface area contributed by atoms with Crippen molar-refractivity contribution in [2.24, 2.45) is 17.8 Å². The lowest BCUT2D eigenvalue weighted by Gasteiger charge is -2.21. The van der Waals surface area contributed by atoms with Crippen molar-refractivity contribution in [3.8, 4) is 0 Å². The maximum Gasteiger partial charge on any atom is 0.472 e. The zero-order valence-electron chi connectivity index (χ0n) is 68.5. The van der Waals surface area contributed by atoms with Crippen LogP contribution in [0.1, 0.15) is 447 Å². The predicted octanol–water partition coefficient (Wildman–Crippen LogP) is 25.7. The monoisotopic (exact) mass is 1520 g/mol. The summed E-state index contributed by atoms with van der Waals surface area (Å²) in [5, 5.41) is 10.7. The number of phosphoric ester groups is 2. The van der Waals surface area contributed by atoms with Crippen LogP contribution in [0.25, 0.3) is 0 Å². The third-order valence-corrected chi connectivity index (χ3v) is 21.8. The highest BCUT2D eigenvalue weighted by Gasteiger charge is 2.30. The number of hydrogen-bond acceptors (Lipinski definition) is 15. The molecule has 0 aromatic rings. The maximum absolute atomic E-state index is 13.1. The topological polar surface area (TPSA) is 237 Å². The molecule has 0 aromatic carbocycles. The summed E-state index contributed by atoms with van der Waals surface area (Å²) in [6.07, 6.45) is 65.3.